The van der Waals surface area contributed by atoms with E-state index in [0.717, 1.165) is 58.7 Å². The van der Waals surface area contributed by atoms with E-state index in [1.54, 1.807) is 4.68 Å². The smallest absolute Gasteiger partial charge is 0.222 e. The molecule has 0 atom stereocenters. The summed E-state index contributed by atoms with van der Waals surface area (Å²) in [4.78, 5) is 11.7. The Hall–Kier alpha value is -3.52. The lowest BCUT2D eigenvalue weighted by Gasteiger charge is -2.28. The van der Waals surface area contributed by atoms with E-state index in [4.69, 9.17) is 4.98 Å². The van der Waals surface area contributed by atoms with E-state index >= 15 is 0 Å². The molecule has 1 aliphatic rings. The number of nitrogens with one attached hydrogen (secondary N) is 1. The maximum Gasteiger partial charge on any atom is 0.222 e. The van der Waals surface area contributed by atoms with Gasteiger partial charge in [-0.25, -0.2) is 14.5 Å². The van der Waals surface area contributed by atoms with Crippen LogP contribution in [0.5, 0.6) is 0 Å². The fourth-order valence-electron chi connectivity index (χ4n) is 4.46. The first-order valence-electron chi connectivity index (χ1n) is 11.4. The molecule has 1 saturated heterocycles. The monoisotopic (exact) mass is 442 g/mol. The summed E-state index contributed by atoms with van der Waals surface area (Å²) >= 11 is 0. The molecular formula is C25H30N8. The normalized spacial score (nSPS) is 15.2. The molecule has 0 aromatic carbocycles. The molecule has 5 rings (SSSR count). The van der Waals surface area contributed by atoms with Crippen molar-refractivity contribution in [1.29, 1.82) is 0 Å². The summed E-state index contributed by atoms with van der Waals surface area (Å²) in [6.07, 6.45) is 12.0. The number of hydrogen-bond donors (Lipinski definition) is 1. The Balaban J connectivity index is 1.34. The zero-order valence-corrected chi connectivity index (χ0v) is 19.5. The average Bonchev–Trinajstić information content (AvgIpc) is 3.43. The molecule has 1 N–H and O–H groups in total. The third kappa shape index (κ3) is 4.39. The number of aromatic nitrogens is 6. The van der Waals surface area contributed by atoms with Crippen LogP contribution in [-0.4, -0.2) is 60.9 Å². The van der Waals surface area contributed by atoms with Crippen LogP contribution in [-0.2, 0) is 7.05 Å². The van der Waals surface area contributed by atoms with Crippen molar-refractivity contribution in [2.75, 3.05) is 32.0 Å². The first-order valence-corrected chi connectivity index (χ1v) is 11.4. The second-order valence-corrected chi connectivity index (χ2v) is 9.00. The second-order valence-electron chi connectivity index (χ2n) is 9.00. The molecule has 0 aliphatic carbocycles. The second kappa shape index (κ2) is 8.78. The molecule has 33 heavy (non-hydrogen) atoms. The number of anilines is 1. The van der Waals surface area contributed by atoms with Crippen LogP contribution in [0.25, 0.3) is 22.2 Å². The van der Waals surface area contributed by atoms with Crippen LogP contribution in [0.3, 0.4) is 0 Å². The molecule has 0 bridgehead atoms. The lowest BCUT2D eigenvalue weighted by atomic mass is 9.97. The minimum Gasteiger partial charge on any atom is -0.354 e. The predicted molar refractivity (Wildman–Crippen MR) is 131 cm³/mol. The Morgan fingerprint density at radius 2 is 1.97 bits per heavy atom. The van der Waals surface area contributed by atoms with Crippen LogP contribution >= 0.6 is 0 Å². The van der Waals surface area contributed by atoms with E-state index in [-0.39, 0.29) is 0 Å². The molecular weight excluding hydrogens is 412 g/mol. The maximum atomic E-state index is 4.72. The number of pyridine rings is 1. The van der Waals surface area contributed by atoms with Crippen molar-refractivity contribution in [2.24, 2.45) is 13.0 Å². The molecule has 4 aromatic rings. The van der Waals surface area contributed by atoms with Crippen molar-refractivity contribution in [3.63, 3.8) is 0 Å². The van der Waals surface area contributed by atoms with Crippen molar-refractivity contribution < 1.29 is 0 Å². The van der Waals surface area contributed by atoms with Gasteiger partial charge < -0.3 is 10.2 Å². The Kier molecular flexibility index (Phi) is 5.68. The highest BCUT2D eigenvalue weighted by Gasteiger charge is 2.17. The van der Waals surface area contributed by atoms with E-state index in [9.17, 15) is 0 Å². The van der Waals surface area contributed by atoms with E-state index in [1.165, 1.54) is 12.8 Å². The molecule has 0 spiro atoms. The van der Waals surface area contributed by atoms with E-state index in [1.807, 2.05) is 55.5 Å². The Morgan fingerprint density at radius 1 is 1.15 bits per heavy atom. The van der Waals surface area contributed by atoms with Crippen molar-refractivity contribution >= 4 is 17.0 Å². The molecule has 1 aliphatic heterocycles. The zero-order valence-electron chi connectivity index (χ0n) is 19.5. The van der Waals surface area contributed by atoms with E-state index in [2.05, 4.69) is 45.1 Å². The summed E-state index contributed by atoms with van der Waals surface area (Å²) in [6.45, 7) is 9.62. The van der Waals surface area contributed by atoms with E-state index in [0.29, 0.717) is 11.9 Å². The minimum absolute atomic E-state index is 0.677. The fraction of sp³-hybridized carbons (Fsp3) is 0.360. The summed E-state index contributed by atoms with van der Waals surface area (Å²) < 4.78 is 3.67. The van der Waals surface area contributed by atoms with Gasteiger partial charge in [-0.05, 0) is 69.1 Å². The van der Waals surface area contributed by atoms with Crippen LogP contribution in [0.1, 0.15) is 29.7 Å². The Morgan fingerprint density at radius 3 is 2.70 bits per heavy atom. The van der Waals surface area contributed by atoms with Crippen molar-refractivity contribution in [2.45, 2.75) is 19.8 Å². The zero-order chi connectivity index (χ0) is 22.9. The first kappa shape index (κ1) is 21.3. The van der Waals surface area contributed by atoms with E-state index < -0.39 is 0 Å². The number of fused-ring (bicyclic) bond motifs is 1. The Labute approximate surface area is 194 Å². The standard InChI is InChI=1S/C25H30N8/c1-17(20-7-10-33-24(11-20)23(15-29-33)21-13-28-32(4)16-21)22-14-27-25(30-18(22)2)26-12-19-5-8-31(3)9-6-19/h7,10-11,13-16,19H,1,5-6,8-9,12H2,2-4H3,(H,26,27,30). The molecule has 4 aromatic heterocycles. The van der Waals surface area contributed by atoms with Crippen LogP contribution in [0, 0.1) is 12.8 Å². The van der Waals surface area contributed by atoms with Gasteiger partial charge in [0.15, 0.2) is 0 Å². The number of rotatable bonds is 6. The van der Waals surface area contributed by atoms with Gasteiger partial charge in [-0.3, -0.25) is 4.68 Å². The molecule has 8 heteroatoms. The van der Waals surface area contributed by atoms with Gasteiger partial charge in [0.25, 0.3) is 0 Å². The van der Waals surface area contributed by atoms with Crippen molar-refractivity contribution in [3.05, 3.63) is 66.5 Å². The summed E-state index contributed by atoms with van der Waals surface area (Å²) in [5, 5.41) is 12.2. The van der Waals surface area contributed by atoms with Crippen LogP contribution in [0.4, 0.5) is 5.95 Å². The largest absolute Gasteiger partial charge is 0.354 e. The molecule has 0 amide bonds. The fourth-order valence-corrected chi connectivity index (χ4v) is 4.46. The topological polar surface area (TPSA) is 76.2 Å². The van der Waals surface area contributed by atoms with Gasteiger partial charge in [-0.15, -0.1) is 0 Å². The Bertz CT molecular complexity index is 1290. The highest BCUT2D eigenvalue weighted by molar-refractivity contribution is 5.85. The predicted octanol–water partition coefficient (Wildman–Crippen LogP) is 3.65. The van der Waals surface area contributed by atoms with Gasteiger partial charge >= 0.3 is 0 Å². The SMILES string of the molecule is C=C(c1ccn2ncc(-c3cnn(C)c3)c2c1)c1cnc(NCC2CCN(C)CC2)nc1C. The molecule has 0 radical (unpaired) electrons. The quantitative estimate of drug-likeness (QED) is 0.491. The number of nitrogens with zero attached hydrogens (tertiary/aromatic N) is 7. The van der Waals surface area contributed by atoms with Crippen LogP contribution in [0.15, 0.2) is 49.7 Å². The highest BCUT2D eigenvalue weighted by atomic mass is 15.2. The lowest BCUT2D eigenvalue weighted by Crippen LogP contribution is -2.33. The van der Waals surface area contributed by atoms with Gasteiger partial charge in [-0.1, -0.05) is 6.58 Å². The molecule has 1 fully saturated rings. The van der Waals surface area contributed by atoms with Crippen molar-refractivity contribution in [3.8, 4) is 11.1 Å². The summed E-state index contributed by atoms with van der Waals surface area (Å²) in [6, 6.07) is 4.14. The van der Waals surface area contributed by atoms with Crippen LogP contribution in [0.2, 0.25) is 0 Å². The van der Waals surface area contributed by atoms with Crippen LogP contribution < -0.4 is 5.32 Å². The molecule has 0 unspecified atom stereocenters. The van der Waals surface area contributed by atoms with Gasteiger partial charge in [0.2, 0.25) is 5.95 Å². The average molecular weight is 443 g/mol. The molecule has 170 valence electrons. The van der Waals surface area contributed by atoms with Gasteiger partial charge in [0.1, 0.15) is 0 Å². The number of likely N-dealkylation sites (tertiary alicyclic amines) is 1. The number of hydrogen-bond acceptors (Lipinski definition) is 6. The van der Waals surface area contributed by atoms with Gasteiger partial charge in [-0.2, -0.15) is 10.2 Å². The van der Waals surface area contributed by atoms with Gasteiger partial charge in [0, 0.05) is 48.9 Å². The summed E-state index contributed by atoms with van der Waals surface area (Å²) in [5.41, 5.74) is 6.88. The minimum atomic E-state index is 0.677. The summed E-state index contributed by atoms with van der Waals surface area (Å²) in [5.74, 6) is 1.37. The molecule has 5 heterocycles. The number of aryl methyl sites for hydroxylation is 2. The maximum absolute atomic E-state index is 4.72. The molecule has 0 saturated carbocycles. The highest BCUT2D eigenvalue weighted by Crippen LogP contribution is 2.29. The third-order valence-corrected chi connectivity index (χ3v) is 6.58. The first-order chi connectivity index (χ1) is 16.0. The molecule has 8 nitrogen and oxygen atoms in total. The lowest BCUT2D eigenvalue weighted by molar-refractivity contribution is 0.226. The number of piperidine rings is 1. The summed E-state index contributed by atoms with van der Waals surface area (Å²) in [7, 11) is 4.10. The third-order valence-electron chi connectivity index (χ3n) is 6.58. The van der Waals surface area contributed by atoms with Gasteiger partial charge in [0.05, 0.1) is 23.6 Å². The van der Waals surface area contributed by atoms with Crippen molar-refractivity contribution in [1.82, 2.24) is 34.3 Å².